The summed E-state index contributed by atoms with van der Waals surface area (Å²) in [4.78, 5) is 0. The summed E-state index contributed by atoms with van der Waals surface area (Å²) < 4.78 is 240. The van der Waals surface area contributed by atoms with Crippen molar-refractivity contribution in [3.8, 4) is 56.0 Å². The molecular weight excluding hydrogens is 544 g/mol. The predicted molar refractivity (Wildman–Crippen MR) is 189 cm³/mol. The van der Waals surface area contributed by atoms with Crippen LogP contribution in [0.5, 0.6) is 11.5 Å². The molecule has 0 amide bonds. The highest BCUT2D eigenvalue weighted by Gasteiger charge is 2.21. The van der Waals surface area contributed by atoms with Crippen molar-refractivity contribution in [2.45, 2.75) is 0 Å². The minimum absolute atomic E-state index is 0.316. The average Bonchev–Trinajstić information content (AvgIpc) is 3.33. The van der Waals surface area contributed by atoms with Crippen molar-refractivity contribution in [3.63, 3.8) is 0 Å². The van der Waals surface area contributed by atoms with E-state index in [1.165, 1.54) is 0 Å². The van der Waals surface area contributed by atoms with Crippen molar-refractivity contribution in [2.75, 3.05) is 0 Å². The maximum absolute atomic E-state index is 9.97. The van der Waals surface area contributed by atoms with E-state index in [0.29, 0.717) is 0 Å². The lowest BCUT2D eigenvalue weighted by molar-refractivity contribution is 0.487. The van der Waals surface area contributed by atoms with Crippen molar-refractivity contribution in [1.29, 1.82) is 0 Å². The smallest absolute Gasteiger partial charge is 0.136 e. The van der Waals surface area contributed by atoms with E-state index in [0.717, 1.165) is 0 Å². The van der Waals surface area contributed by atoms with Crippen molar-refractivity contribution in [3.05, 3.63) is 157 Å². The zero-order valence-corrected chi connectivity index (χ0v) is 22.4. The number of fused-ring (bicyclic) bond motifs is 2. The molecule has 0 spiro atoms. The fraction of sp³-hybridized carbons (Fsp3) is 0. The van der Waals surface area contributed by atoms with Gasteiger partial charge in [-0.15, -0.1) is 0 Å². The third kappa shape index (κ3) is 3.68. The van der Waals surface area contributed by atoms with Crippen LogP contribution < -0.4 is 4.74 Å². The molecule has 0 radical (unpaired) electrons. The molecule has 9 aromatic carbocycles. The third-order valence-corrected chi connectivity index (χ3v) is 7.51. The molecule has 0 saturated heterocycles. The first-order valence-corrected chi connectivity index (χ1v) is 13.4. The molecule has 0 saturated carbocycles. The van der Waals surface area contributed by atoms with Crippen molar-refractivity contribution >= 4 is 43.1 Å². The Kier molecular flexibility index (Phi) is 2.13. The molecule has 45 heavy (non-hydrogen) atoms. The summed E-state index contributed by atoms with van der Waals surface area (Å²) in [6.07, 6.45) is 0. The minimum atomic E-state index is -1.07. The van der Waals surface area contributed by atoms with Gasteiger partial charge >= 0.3 is 0 Å². The summed E-state index contributed by atoms with van der Waals surface area (Å²) in [5.74, 6) is -1.32. The first kappa shape index (κ1) is 10.3. The van der Waals surface area contributed by atoms with Crippen LogP contribution in [0.1, 0.15) is 35.6 Å². The molecule has 0 aromatic heterocycles. The largest absolute Gasteiger partial charge is 0.456 e. The summed E-state index contributed by atoms with van der Waals surface area (Å²) in [7, 11) is 0. The molecule has 1 nitrogen and oxygen atoms in total. The van der Waals surface area contributed by atoms with Crippen LogP contribution >= 0.6 is 0 Å². The number of ether oxygens (including phenoxy) is 1. The van der Waals surface area contributed by atoms with Gasteiger partial charge in [-0.25, -0.2) is 0 Å². The Morgan fingerprint density at radius 2 is 0.956 bits per heavy atom. The van der Waals surface area contributed by atoms with Crippen molar-refractivity contribution < 1.29 is 40.4 Å². The number of hydrogen-bond acceptors (Lipinski definition) is 1. The van der Waals surface area contributed by atoms with E-state index in [-0.39, 0.29) is 10.8 Å². The van der Waals surface area contributed by atoms with E-state index in [2.05, 4.69) is 0 Å². The lowest BCUT2D eigenvalue weighted by Gasteiger charge is -2.22. The van der Waals surface area contributed by atoms with Gasteiger partial charge in [0.05, 0.1) is 35.6 Å². The molecule has 1 aliphatic rings. The SMILES string of the molecule is [2H]c1c([2H])c([2H])c(-c2c([2H])c(-c3c([2H])c4c5c(c([2H])c([2H])c([2H])c5c3[2H])-c3c([2H])c([2H])c([2H])c([2H])c3O4)c([2H])c(-c3c([2H])c([2H])c4c([2H])c([2H])c5c([2H])c([2H])c([2H])c6c([2H])c([2H])c3c4c56)c2[2H])c([2H])c1[2H]. The predicted octanol–water partition coefficient (Wildman–Crippen LogP) is 12.5. The molecule has 1 heteroatoms. The van der Waals surface area contributed by atoms with E-state index >= 15 is 0 Å². The Hall–Kier alpha value is -5.92. The van der Waals surface area contributed by atoms with Crippen LogP contribution in [0.3, 0.4) is 0 Å². The van der Waals surface area contributed by atoms with Crippen LogP contribution in [0.25, 0.3) is 87.6 Å². The fourth-order valence-electron chi connectivity index (χ4n) is 5.57. The Balaban J connectivity index is 1.49. The van der Waals surface area contributed by atoms with E-state index < -0.39 is 245 Å². The van der Waals surface area contributed by atoms with Gasteiger partial charge in [0.2, 0.25) is 0 Å². The van der Waals surface area contributed by atoms with E-state index in [9.17, 15) is 12.3 Å². The summed E-state index contributed by atoms with van der Waals surface area (Å²) in [5.41, 5.74) is -5.96. The van der Waals surface area contributed by atoms with Gasteiger partial charge in [-0.05, 0) is 113 Å². The van der Waals surface area contributed by atoms with Gasteiger partial charge in [0, 0.05) is 10.9 Å². The lowest BCUT2D eigenvalue weighted by atomic mass is 9.87. The number of para-hydroxylation sites is 1. The monoisotopic (exact) mass is 596 g/mol. The topological polar surface area (TPSA) is 9.23 Å². The molecular formula is C44H26O. The standard InChI is InChI=1S/C44H26O/c1-2-8-27(9-3-1)32-23-33(34-22-31-12-7-14-38-37-13-4-5-15-40(37)45-41(26-34)43(31)38)25-35(24-32)36-20-18-30-17-16-28-10-6-11-29-19-21-39(36)44(30)42(28)29/h1-26H/i1D,2D,3D,4D,5D,6D,7D,8D,9D,10D,11D,12D,13D,14D,15D,16D,17D,18D,19D,20D,21D,22D,23D,24D,25D,26D. The molecule has 0 aliphatic carbocycles. The van der Waals surface area contributed by atoms with Gasteiger partial charge in [0.15, 0.2) is 0 Å². The second-order valence-electron chi connectivity index (χ2n) is 10.0. The van der Waals surface area contributed by atoms with Gasteiger partial charge in [0.1, 0.15) is 11.5 Å². The summed E-state index contributed by atoms with van der Waals surface area (Å²) in [6.45, 7) is 0. The van der Waals surface area contributed by atoms with Gasteiger partial charge < -0.3 is 4.74 Å². The zero-order valence-electron chi connectivity index (χ0n) is 48.4. The first-order valence-electron chi connectivity index (χ1n) is 26.4. The molecule has 0 fully saturated rings. The van der Waals surface area contributed by atoms with Crippen LogP contribution in [0.15, 0.2) is 157 Å². The Labute approximate surface area is 297 Å². The second-order valence-corrected chi connectivity index (χ2v) is 10.0. The van der Waals surface area contributed by atoms with Gasteiger partial charge in [0.25, 0.3) is 0 Å². The van der Waals surface area contributed by atoms with Crippen molar-refractivity contribution in [2.24, 2.45) is 0 Å². The summed E-state index contributed by atoms with van der Waals surface area (Å²) in [5, 5.41) is -3.64. The molecule has 0 unspecified atom stereocenters. The second kappa shape index (κ2) is 9.29. The molecule has 0 bridgehead atoms. The summed E-state index contributed by atoms with van der Waals surface area (Å²) >= 11 is 0. The quantitative estimate of drug-likeness (QED) is 0.184. The number of benzene rings is 9. The molecule has 208 valence electrons. The van der Waals surface area contributed by atoms with E-state index in [1.807, 2.05) is 0 Å². The van der Waals surface area contributed by atoms with Gasteiger partial charge in [-0.2, -0.15) is 0 Å². The Morgan fingerprint density at radius 3 is 1.82 bits per heavy atom. The molecule has 0 atom stereocenters. The van der Waals surface area contributed by atoms with Crippen LogP contribution in [0.4, 0.5) is 0 Å². The van der Waals surface area contributed by atoms with Gasteiger partial charge in [-0.3, -0.25) is 0 Å². The maximum Gasteiger partial charge on any atom is 0.136 e. The Morgan fingerprint density at radius 1 is 0.333 bits per heavy atom. The highest BCUT2D eigenvalue weighted by molar-refractivity contribution is 6.25. The third-order valence-electron chi connectivity index (χ3n) is 7.51. The maximum atomic E-state index is 9.97. The van der Waals surface area contributed by atoms with Crippen LogP contribution in [0.2, 0.25) is 0 Å². The highest BCUT2D eigenvalue weighted by atomic mass is 16.5. The van der Waals surface area contributed by atoms with Crippen LogP contribution in [-0.2, 0) is 0 Å². The first-order chi connectivity index (χ1) is 33.2. The van der Waals surface area contributed by atoms with E-state index in [4.69, 9.17) is 28.0 Å². The molecule has 9 aromatic rings. The highest BCUT2D eigenvalue weighted by Crippen LogP contribution is 2.48. The lowest BCUT2D eigenvalue weighted by Crippen LogP contribution is -1.97. The average molecular weight is 597 g/mol. The van der Waals surface area contributed by atoms with Crippen molar-refractivity contribution in [1.82, 2.24) is 0 Å². The Bertz CT molecular complexity index is 4030. The fourth-order valence-corrected chi connectivity index (χ4v) is 5.57. The summed E-state index contributed by atoms with van der Waals surface area (Å²) in [6, 6.07) is -22.7. The molecule has 1 heterocycles. The van der Waals surface area contributed by atoms with E-state index in [1.54, 1.807) is 0 Å². The zero-order chi connectivity index (χ0) is 52.1. The number of rotatable bonds is 3. The van der Waals surface area contributed by atoms with Crippen LogP contribution in [0, 0.1) is 0 Å². The normalized spacial score (nSPS) is 20.3. The van der Waals surface area contributed by atoms with Crippen LogP contribution in [-0.4, -0.2) is 0 Å². The molecule has 1 aliphatic heterocycles. The van der Waals surface area contributed by atoms with Gasteiger partial charge in [-0.1, -0.05) is 121 Å². The molecule has 10 rings (SSSR count). The molecule has 0 N–H and O–H groups in total. The number of hydrogen-bond donors (Lipinski definition) is 0. The minimum Gasteiger partial charge on any atom is -0.456 e.